The van der Waals surface area contributed by atoms with Crippen molar-refractivity contribution in [2.24, 2.45) is 0 Å². The monoisotopic (exact) mass is 360 g/mol. The fourth-order valence-corrected chi connectivity index (χ4v) is 2.96. The van der Waals surface area contributed by atoms with E-state index < -0.39 is 37.3 Å². The predicted molar refractivity (Wildman–Crippen MR) is 94.0 cm³/mol. The van der Waals surface area contributed by atoms with Gasteiger partial charge < -0.3 is 29.5 Å². The maximum Gasteiger partial charge on any atom is 0.184 e. The van der Waals surface area contributed by atoms with Gasteiger partial charge in [0.15, 0.2) is 6.29 Å². The summed E-state index contributed by atoms with van der Waals surface area (Å²) in [6, 6.07) is 19.0. The molecule has 26 heavy (non-hydrogen) atoms. The Labute approximate surface area is 152 Å². The predicted octanol–water partition coefficient (Wildman–Crippen LogP) is 1.23. The first-order chi connectivity index (χ1) is 12.7. The molecular formula is C20H24O6. The van der Waals surface area contributed by atoms with Crippen LogP contribution in [0.3, 0.4) is 0 Å². The second-order valence-corrected chi connectivity index (χ2v) is 6.26. The van der Waals surface area contributed by atoms with Gasteiger partial charge in [-0.25, -0.2) is 0 Å². The summed E-state index contributed by atoms with van der Waals surface area (Å²) < 4.78 is 16.9. The van der Waals surface area contributed by atoms with E-state index in [9.17, 15) is 15.3 Å². The first kappa shape index (κ1) is 19.0. The van der Waals surface area contributed by atoms with Gasteiger partial charge in [-0.15, -0.1) is 0 Å². The summed E-state index contributed by atoms with van der Waals surface area (Å²) in [4.78, 5) is 0. The van der Waals surface area contributed by atoms with Crippen molar-refractivity contribution in [3.63, 3.8) is 0 Å². The number of aliphatic hydroxyl groups is 3. The van der Waals surface area contributed by atoms with E-state index in [4.69, 9.17) is 14.2 Å². The molecule has 6 nitrogen and oxygen atoms in total. The fourth-order valence-electron chi connectivity index (χ4n) is 2.96. The zero-order valence-corrected chi connectivity index (χ0v) is 14.3. The molecule has 140 valence electrons. The van der Waals surface area contributed by atoms with E-state index >= 15 is 0 Å². The van der Waals surface area contributed by atoms with Gasteiger partial charge in [0.2, 0.25) is 0 Å². The second kappa shape index (κ2) is 9.23. The molecule has 2 aromatic rings. The Balaban J connectivity index is 1.69. The highest BCUT2D eigenvalue weighted by Gasteiger charge is 2.46. The molecule has 1 aliphatic heterocycles. The standard InChI is InChI=1S/C20H24O6/c21-11-16-17(22)18(24-12-14-7-3-1-4-8-14)19(20(23)26-16)25-13-15-9-5-2-6-10-15/h1-10,16-23H,11-13H2/t16?,17-,18+,19+,20?/m1/s1. The molecule has 6 heteroatoms. The van der Waals surface area contributed by atoms with Crippen LogP contribution < -0.4 is 0 Å². The quantitative estimate of drug-likeness (QED) is 0.688. The van der Waals surface area contributed by atoms with E-state index in [1.54, 1.807) is 0 Å². The maximum absolute atomic E-state index is 10.5. The van der Waals surface area contributed by atoms with Gasteiger partial charge in [-0.1, -0.05) is 60.7 Å². The molecule has 0 aromatic heterocycles. The molecule has 2 aromatic carbocycles. The van der Waals surface area contributed by atoms with E-state index in [-0.39, 0.29) is 13.2 Å². The van der Waals surface area contributed by atoms with Gasteiger partial charge in [0.05, 0.1) is 19.8 Å². The van der Waals surface area contributed by atoms with Crippen molar-refractivity contribution in [1.29, 1.82) is 0 Å². The summed E-state index contributed by atoms with van der Waals surface area (Å²) in [5, 5.41) is 30.2. The maximum atomic E-state index is 10.5. The van der Waals surface area contributed by atoms with Crippen LogP contribution >= 0.6 is 0 Å². The average molecular weight is 360 g/mol. The van der Waals surface area contributed by atoms with Crippen LogP contribution in [0.25, 0.3) is 0 Å². The van der Waals surface area contributed by atoms with Crippen LogP contribution in [0.15, 0.2) is 60.7 Å². The van der Waals surface area contributed by atoms with Gasteiger partial charge in [0.25, 0.3) is 0 Å². The minimum Gasteiger partial charge on any atom is -0.394 e. The zero-order chi connectivity index (χ0) is 18.4. The molecule has 0 radical (unpaired) electrons. The lowest BCUT2D eigenvalue weighted by molar-refractivity contribution is -0.307. The summed E-state index contributed by atoms with van der Waals surface area (Å²) in [7, 11) is 0. The molecule has 3 N–H and O–H groups in total. The molecule has 0 saturated carbocycles. The van der Waals surface area contributed by atoms with Crippen molar-refractivity contribution < 1.29 is 29.5 Å². The number of ether oxygens (including phenoxy) is 3. The van der Waals surface area contributed by atoms with Crippen molar-refractivity contribution in [1.82, 2.24) is 0 Å². The lowest BCUT2D eigenvalue weighted by Crippen LogP contribution is -2.60. The van der Waals surface area contributed by atoms with Crippen LogP contribution in [-0.4, -0.2) is 52.6 Å². The van der Waals surface area contributed by atoms with E-state index in [0.717, 1.165) is 11.1 Å². The molecule has 1 saturated heterocycles. The van der Waals surface area contributed by atoms with E-state index in [0.29, 0.717) is 0 Å². The number of rotatable bonds is 7. The van der Waals surface area contributed by atoms with Gasteiger partial charge in [0.1, 0.15) is 24.4 Å². The SMILES string of the molecule is OCC1OC(O)[C@@H](OCc2ccccc2)[C@@H](OCc2ccccc2)[C@@H]1O. The Kier molecular flexibility index (Phi) is 6.73. The van der Waals surface area contributed by atoms with Crippen molar-refractivity contribution in [2.45, 2.75) is 43.9 Å². The number of hydrogen-bond donors (Lipinski definition) is 3. The number of hydrogen-bond acceptors (Lipinski definition) is 6. The normalized spacial score (nSPS) is 28.8. The average Bonchev–Trinajstić information content (AvgIpc) is 2.69. The third-order valence-corrected chi connectivity index (χ3v) is 4.39. The van der Waals surface area contributed by atoms with Crippen molar-refractivity contribution >= 4 is 0 Å². The Morgan fingerprint density at radius 3 is 1.77 bits per heavy atom. The summed E-state index contributed by atoms with van der Waals surface area (Å²) in [5.74, 6) is 0. The Hall–Kier alpha value is -1.80. The molecule has 0 spiro atoms. The highest BCUT2D eigenvalue weighted by molar-refractivity contribution is 5.14. The van der Waals surface area contributed by atoms with Crippen LogP contribution in [0.1, 0.15) is 11.1 Å². The number of benzene rings is 2. The first-order valence-electron chi connectivity index (χ1n) is 8.62. The topological polar surface area (TPSA) is 88.4 Å². The van der Waals surface area contributed by atoms with Crippen LogP contribution in [0.2, 0.25) is 0 Å². The van der Waals surface area contributed by atoms with Crippen LogP contribution in [0, 0.1) is 0 Å². The smallest absolute Gasteiger partial charge is 0.184 e. The zero-order valence-electron chi connectivity index (χ0n) is 14.3. The summed E-state index contributed by atoms with van der Waals surface area (Å²) in [6.45, 7) is 0.0705. The van der Waals surface area contributed by atoms with Gasteiger partial charge >= 0.3 is 0 Å². The third-order valence-electron chi connectivity index (χ3n) is 4.39. The van der Waals surface area contributed by atoms with E-state index in [1.807, 2.05) is 60.7 Å². The van der Waals surface area contributed by atoms with E-state index in [2.05, 4.69) is 0 Å². The molecule has 1 fully saturated rings. The Morgan fingerprint density at radius 2 is 1.27 bits per heavy atom. The summed E-state index contributed by atoms with van der Waals surface area (Å²) in [6.07, 6.45) is -5.06. The largest absolute Gasteiger partial charge is 0.394 e. The third kappa shape index (κ3) is 4.67. The molecule has 2 unspecified atom stereocenters. The highest BCUT2D eigenvalue weighted by Crippen LogP contribution is 2.26. The highest BCUT2D eigenvalue weighted by atomic mass is 16.7. The van der Waals surface area contributed by atoms with Gasteiger partial charge in [0, 0.05) is 0 Å². The Bertz CT molecular complexity index is 650. The van der Waals surface area contributed by atoms with Crippen molar-refractivity contribution in [2.75, 3.05) is 6.61 Å². The molecule has 1 aliphatic rings. The lowest BCUT2D eigenvalue weighted by Gasteiger charge is -2.42. The summed E-state index contributed by atoms with van der Waals surface area (Å²) >= 11 is 0. The van der Waals surface area contributed by atoms with E-state index in [1.165, 1.54) is 0 Å². The molecule has 0 aliphatic carbocycles. The van der Waals surface area contributed by atoms with Crippen LogP contribution in [-0.2, 0) is 27.4 Å². The first-order valence-corrected chi connectivity index (χ1v) is 8.62. The Morgan fingerprint density at radius 1 is 0.769 bits per heavy atom. The molecule has 0 bridgehead atoms. The van der Waals surface area contributed by atoms with Gasteiger partial charge in [-0.05, 0) is 11.1 Å². The number of aliphatic hydroxyl groups excluding tert-OH is 3. The van der Waals surface area contributed by atoms with Crippen molar-refractivity contribution in [3.8, 4) is 0 Å². The fraction of sp³-hybridized carbons (Fsp3) is 0.400. The van der Waals surface area contributed by atoms with Crippen molar-refractivity contribution in [3.05, 3.63) is 71.8 Å². The van der Waals surface area contributed by atoms with Crippen LogP contribution in [0.4, 0.5) is 0 Å². The molecule has 5 atom stereocenters. The molecule has 0 amide bonds. The molecule has 1 heterocycles. The minimum absolute atomic E-state index is 0.244. The molecular weight excluding hydrogens is 336 g/mol. The minimum atomic E-state index is -1.31. The van der Waals surface area contributed by atoms with Gasteiger partial charge in [-0.3, -0.25) is 0 Å². The lowest BCUT2D eigenvalue weighted by atomic mass is 9.98. The van der Waals surface area contributed by atoms with Crippen LogP contribution in [0.5, 0.6) is 0 Å². The molecule has 3 rings (SSSR count). The second-order valence-electron chi connectivity index (χ2n) is 6.26. The summed E-state index contributed by atoms with van der Waals surface area (Å²) in [5.41, 5.74) is 1.86. The van der Waals surface area contributed by atoms with Gasteiger partial charge in [-0.2, -0.15) is 0 Å².